The Bertz CT molecular complexity index is 509. The van der Waals surface area contributed by atoms with Crippen molar-refractivity contribution in [2.45, 2.75) is 37.9 Å². The molecule has 1 fully saturated rings. The molecule has 1 aliphatic carbocycles. The van der Waals surface area contributed by atoms with Gasteiger partial charge in [-0.15, -0.1) is 0 Å². The van der Waals surface area contributed by atoms with Crippen LogP contribution in [0.5, 0.6) is 5.75 Å². The molecule has 1 aromatic rings. The molecule has 1 aliphatic rings. The Hall–Kier alpha value is -1.34. The summed E-state index contributed by atoms with van der Waals surface area (Å²) in [6.07, 6.45) is 4.60. The van der Waals surface area contributed by atoms with E-state index in [4.69, 9.17) is 10.00 Å². The lowest BCUT2D eigenvalue weighted by molar-refractivity contribution is 0.339. The van der Waals surface area contributed by atoms with Crippen molar-refractivity contribution in [3.63, 3.8) is 0 Å². The van der Waals surface area contributed by atoms with Crippen LogP contribution in [0.25, 0.3) is 0 Å². The highest BCUT2D eigenvalue weighted by molar-refractivity contribution is 7.85. The Morgan fingerprint density at radius 1 is 1.40 bits per heavy atom. The highest BCUT2D eigenvalue weighted by Gasteiger charge is 2.23. The lowest BCUT2D eigenvalue weighted by atomic mass is 9.91. The van der Waals surface area contributed by atoms with Gasteiger partial charge >= 0.3 is 0 Å². The van der Waals surface area contributed by atoms with Crippen LogP contribution >= 0.6 is 0 Å². The molecule has 3 atom stereocenters. The Morgan fingerprint density at radius 3 is 2.95 bits per heavy atom. The van der Waals surface area contributed by atoms with Crippen molar-refractivity contribution in [1.29, 1.82) is 5.26 Å². The number of para-hydroxylation sites is 1. The molecule has 3 unspecified atom stereocenters. The molecule has 2 rings (SSSR count). The molecule has 3 nitrogen and oxygen atoms in total. The second-order valence-electron chi connectivity index (χ2n) is 5.44. The van der Waals surface area contributed by atoms with E-state index in [0.29, 0.717) is 34.8 Å². The number of benzene rings is 1. The van der Waals surface area contributed by atoms with E-state index in [2.05, 4.69) is 13.0 Å². The average Bonchev–Trinajstić information content (AvgIpc) is 2.47. The fourth-order valence-corrected chi connectivity index (χ4v) is 4.26. The summed E-state index contributed by atoms with van der Waals surface area (Å²) in [5.41, 5.74) is 0.532. The maximum Gasteiger partial charge on any atom is 0.137 e. The fraction of sp³-hybridized carbons (Fsp3) is 0.562. The third-order valence-electron chi connectivity index (χ3n) is 3.81. The lowest BCUT2D eigenvalue weighted by Gasteiger charge is -2.26. The number of rotatable bonds is 5. The predicted molar refractivity (Wildman–Crippen MR) is 81.1 cm³/mol. The minimum atomic E-state index is -0.817. The molecule has 0 saturated heterocycles. The fourth-order valence-electron chi connectivity index (χ4n) is 2.70. The lowest BCUT2D eigenvalue weighted by Crippen LogP contribution is -2.26. The summed E-state index contributed by atoms with van der Waals surface area (Å²) in [6, 6.07) is 9.27. The SMILES string of the molecule is CC1CCCC(S(=O)CCOc2ccccc2C#N)C1. The first-order chi connectivity index (χ1) is 9.70. The van der Waals surface area contributed by atoms with E-state index < -0.39 is 10.8 Å². The Labute approximate surface area is 123 Å². The van der Waals surface area contributed by atoms with Gasteiger partial charge in [-0.05, 0) is 30.9 Å². The maximum atomic E-state index is 12.3. The number of nitrogens with zero attached hydrogens (tertiary/aromatic N) is 1. The molecule has 0 N–H and O–H groups in total. The van der Waals surface area contributed by atoms with Crippen molar-refractivity contribution in [1.82, 2.24) is 0 Å². The van der Waals surface area contributed by atoms with Gasteiger partial charge in [0, 0.05) is 16.0 Å². The van der Waals surface area contributed by atoms with Gasteiger partial charge in [-0.2, -0.15) is 5.26 Å². The van der Waals surface area contributed by atoms with Crippen LogP contribution in [0.3, 0.4) is 0 Å². The van der Waals surface area contributed by atoms with Gasteiger partial charge in [0.2, 0.25) is 0 Å². The molecule has 0 heterocycles. The molecule has 0 amide bonds. The second-order valence-corrected chi connectivity index (χ2v) is 7.27. The van der Waals surface area contributed by atoms with Gasteiger partial charge in [0.1, 0.15) is 11.8 Å². The average molecular weight is 291 g/mol. The van der Waals surface area contributed by atoms with E-state index in [1.165, 1.54) is 12.8 Å². The molecule has 0 spiro atoms. The normalized spacial score (nSPS) is 23.8. The van der Waals surface area contributed by atoms with Gasteiger partial charge in [-0.1, -0.05) is 31.9 Å². The third kappa shape index (κ3) is 4.08. The van der Waals surface area contributed by atoms with Crippen LogP contribution in [0.4, 0.5) is 0 Å². The second kappa shape index (κ2) is 7.44. The summed E-state index contributed by atoms with van der Waals surface area (Å²) in [6.45, 7) is 2.65. The first-order valence-electron chi connectivity index (χ1n) is 7.20. The predicted octanol–water partition coefficient (Wildman–Crippen LogP) is 3.26. The Balaban J connectivity index is 1.81. The molecule has 1 aromatic carbocycles. The van der Waals surface area contributed by atoms with E-state index in [9.17, 15) is 4.21 Å². The first kappa shape index (κ1) is 15.1. The third-order valence-corrected chi connectivity index (χ3v) is 5.55. The summed E-state index contributed by atoms with van der Waals surface area (Å²) >= 11 is 0. The van der Waals surface area contributed by atoms with Gasteiger partial charge in [-0.25, -0.2) is 0 Å². The van der Waals surface area contributed by atoms with Gasteiger partial charge in [0.05, 0.1) is 17.9 Å². The zero-order chi connectivity index (χ0) is 14.4. The zero-order valence-corrected chi connectivity index (χ0v) is 12.7. The van der Waals surface area contributed by atoms with Gasteiger partial charge in [-0.3, -0.25) is 4.21 Å². The highest BCUT2D eigenvalue weighted by Crippen LogP contribution is 2.27. The van der Waals surface area contributed by atoms with E-state index in [0.717, 1.165) is 12.8 Å². The minimum Gasteiger partial charge on any atom is -0.491 e. The molecule has 0 aliphatic heterocycles. The standard InChI is InChI=1S/C16H21NO2S/c1-13-5-4-7-15(11-13)20(18)10-9-19-16-8-3-2-6-14(16)12-17/h2-3,6,8,13,15H,4-5,7,9-11H2,1H3. The van der Waals surface area contributed by atoms with E-state index in [-0.39, 0.29) is 0 Å². The number of hydrogen-bond acceptors (Lipinski definition) is 3. The van der Waals surface area contributed by atoms with E-state index in [1.54, 1.807) is 12.1 Å². The van der Waals surface area contributed by atoms with Gasteiger partial charge in [0.25, 0.3) is 0 Å². The van der Waals surface area contributed by atoms with Crippen LogP contribution in [-0.2, 0) is 10.8 Å². The summed E-state index contributed by atoms with van der Waals surface area (Å²) in [5.74, 6) is 1.83. The largest absolute Gasteiger partial charge is 0.491 e. The van der Waals surface area contributed by atoms with Gasteiger partial charge < -0.3 is 4.74 Å². The first-order valence-corrected chi connectivity index (χ1v) is 8.58. The van der Waals surface area contributed by atoms with Crippen molar-refractivity contribution < 1.29 is 8.95 Å². The zero-order valence-electron chi connectivity index (χ0n) is 11.9. The molecule has 0 bridgehead atoms. The Morgan fingerprint density at radius 2 is 2.20 bits per heavy atom. The van der Waals surface area contributed by atoms with Crippen molar-refractivity contribution in [3.05, 3.63) is 29.8 Å². The van der Waals surface area contributed by atoms with Crippen LogP contribution in [0, 0.1) is 17.2 Å². The smallest absolute Gasteiger partial charge is 0.137 e. The van der Waals surface area contributed by atoms with Crippen LogP contribution in [0.15, 0.2) is 24.3 Å². The minimum absolute atomic E-state index is 0.327. The number of nitriles is 1. The van der Waals surface area contributed by atoms with Crippen molar-refractivity contribution in [2.75, 3.05) is 12.4 Å². The van der Waals surface area contributed by atoms with Crippen LogP contribution < -0.4 is 4.74 Å². The van der Waals surface area contributed by atoms with Crippen LogP contribution in [0.2, 0.25) is 0 Å². The monoisotopic (exact) mass is 291 g/mol. The summed E-state index contributed by atoms with van der Waals surface area (Å²) < 4.78 is 17.9. The molecule has 4 heteroatoms. The van der Waals surface area contributed by atoms with Crippen molar-refractivity contribution in [2.24, 2.45) is 5.92 Å². The Kier molecular flexibility index (Phi) is 5.60. The molecule has 0 aromatic heterocycles. The summed E-state index contributed by atoms with van der Waals surface area (Å²) in [4.78, 5) is 0. The van der Waals surface area contributed by atoms with Crippen LogP contribution in [-0.4, -0.2) is 21.8 Å². The van der Waals surface area contributed by atoms with Crippen LogP contribution in [0.1, 0.15) is 38.2 Å². The number of ether oxygens (including phenoxy) is 1. The molecule has 20 heavy (non-hydrogen) atoms. The van der Waals surface area contributed by atoms with Crippen molar-refractivity contribution >= 4 is 10.8 Å². The number of hydrogen-bond donors (Lipinski definition) is 0. The topological polar surface area (TPSA) is 50.1 Å². The van der Waals surface area contributed by atoms with Gasteiger partial charge in [0.15, 0.2) is 0 Å². The van der Waals surface area contributed by atoms with Crippen molar-refractivity contribution in [3.8, 4) is 11.8 Å². The molecule has 0 radical (unpaired) electrons. The van der Waals surface area contributed by atoms with E-state index >= 15 is 0 Å². The quantitative estimate of drug-likeness (QED) is 0.836. The molecular formula is C16H21NO2S. The maximum absolute atomic E-state index is 12.3. The summed E-state index contributed by atoms with van der Waals surface area (Å²) in [7, 11) is -0.817. The summed E-state index contributed by atoms with van der Waals surface area (Å²) in [5, 5.41) is 9.30. The molecular weight excluding hydrogens is 270 g/mol. The highest BCUT2D eigenvalue weighted by atomic mass is 32.2. The molecule has 108 valence electrons. The van der Waals surface area contributed by atoms with E-state index in [1.807, 2.05) is 12.1 Å². The molecule has 1 saturated carbocycles.